The van der Waals surface area contributed by atoms with E-state index in [0.29, 0.717) is 6.42 Å². The molecule has 0 bridgehead atoms. The van der Waals surface area contributed by atoms with Crippen molar-refractivity contribution in [1.29, 1.82) is 0 Å². The molecule has 0 unspecified atom stereocenters. The minimum atomic E-state index is -0.518. The summed E-state index contributed by atoms with van der Waals surface area (Å²) in [6.07, 6.45) is 22.7. The van der Waals surface area contributed by atoms with Gasteiger partial charge in [-0.15, -0.1) is 11.8 Å². The van der Waals surface area contributed by atoms with Gasteiger partial charge in [0.2, 0.25) is 0 Å². The van der Waals surface area contributed by atoms with E-state index < -0.39 is 6.10 Å². The van der Waals surface area contributed by atoms with Crippen LogP contribution in [-0.4, -0.2) is 31.2 Å². The fraction of sp³-hybridized carbons (Fsp3) is 0.926. The van der Waals surface area contributed by atoms with Crippen LogP contribution < -0.4 is 0 Å². The maximum absolute atomic E-state index is 10.5. The highest BCUT2D eigenvalue weighted by Crippen LogP contribution is 2.16. The topological polar surface area (TPSA) is 38.7 Å². The van der Waals surface area contributed by atoms with E-state index >= 15 is 0 Å². The van der Waals surface area contributed by atoms with Crippen LogP contribution in [0.2, 0.25) is 0 Å². The quantitative estimate of drug-likeness (QED) is 0.109. The molecule has 0 aromatic heterocycles. The number of hydrogen-bond acceptors (Lipinski definition) is 3. The first-order chi connectivity index (χ1) is 14.8. The molecule has 0 saturated heterocycles. The van der Waals surface area contributed by atoms with Crippen molar-refractivity contribution in [2.24, 2.45) is 0 Å². The molecular weight excluding hydrogens is 372 g/mol. The fourth-order valence-corrected chi connectivity index (χ4v) is 3.77. The lowest BCUT2D eigenvalue weighted by molar-refractivity contribution is -0.114. The average molecular weight is 425 g/mol. The molecule has 0 rings (SSSR count). The summed E-state index contributed by atoms with van der Waals surface area (Å²) in [5.74, 6) is 6.35. The molecular formula is C27H52O3. The Bertz CT molecular complexity index is 385. The molecule has 0 aliphatic carbocycles. The van der Waals surface area contributed by atoms with Gasteiger partial charge in [0.15, 0.2) is 0 Å². The molecule has 0 saturated carbocycles. The summed E-state index contributed by atoms with van der Waals surface area (Å²) in [6, 6.07) is 0. The van der Waals surface area contributed by atoms with Gasteiger partial charge in [-0.2, -0.15) is 0 Å². The molecule has 178 valence electrons. The van der Waals surface area contributed by atoms with Gasteiger partial charge in [0.05, 0.1) is 12.2 Å². The van der Waals surface area contributed by atoms with E-state index in [1.165, 1.54) is 96.3 Å². The van der Waals surface area contributed by atoms with Crippen LogP contribution in [-0.2, 0) is 9.47 Å². The molecule has 0 fully saturated rings. The molecule has 0 aromatic rings. The van der Waals surface area contributed by atoms with E-state index in [1.54, 1.807) is 7.11 Å². The van der Waals surface area contributed by atoms with Crippen molar-refractivity contribution in [2.75, 3.05) is 13.9 Å². The monoisotopic (exact) mass is 424 g/mol. The Hall–Kier alpha value is -0.560. The summed E-state index contributed by atoms with van der Waals surface area (Å²) in [7, 11) is 1.63. The van der Waals surface area contributed by atoms with Gasteiger partial charge in [-0.25, -0.2) is 0 Å². The van der Waals surface area contributed by atoms with Crippen molar-refractivity contribution < 1.29 is 14.6 Å². The van der Waals surface area contributed by atoms with Gasteiger partial charge in [0, 0.05) is 20.0 Å². The standard InChI is InChI=1S/C27H52O3/c1-4-6-8-10-12-13-14-15-16-18-20-22-24-27(30-25-29-3)26(28)23-21-19-17-11-9-7-5-2/h26-28H,4-18,20,22-25H2,1-3H3/t26-,27-/m1/s1. The molecule has 3 nitrogen and oxygen atoms in total. The van der Waals surface area contributed by atoms with Crippen molar-refractivity contribution in [3.63, 3.8) is 0 Å². The Morgan fingerprint density at radius 3 is 1.70 bits per heavy atom. The van der Waals surface area contributed by atoms with Crippen LogP contribution in [0.1, 0.15) is 136 Å². The predicted molar refractivity (Wildman–Crippen MR) is 130 cm³/mol. The Kier molecular flexibility index (Phi) is 24.2. The molecule has 30 heavy (non-hydrogen) atoms. The third-order valence-corrected chi connectivity index (χ3v) is 5.76. The molecule has 0 aliphatic heterocycles. The summed E-state index contributed by atoms with van der Waals surface area (Å²) < 4.78 is 10.8. The van der Waals surface area contributed by atoms with Crippen LogP contribution in [0.4, 0.5) is 0 Å². The van der Waals surface area contributed by atoms with Gasteiger partial charge in [-0.05, 0) is 12.8 Å². The van der Waals surface area contributed by atoms with Crippen molar-refractivity contribution >= 4 is 0 Å². The Morgan fingerprint density at radius 2 is 1.17 bits per heavy atom. The highest BCUT2D eigenvalue weighted by Gasteiger charge is 2.18. The molecule has 0 amide bonds. The smallest absolute Gasteiger partial charge is 0.146 e. The molecule has 1 N–H and O–H groups in total. The summed E-state index contributed by atoms with van der Waals surface area (Å²) in [5, 5.41) is 10.5. The number of aliphatic hydroxyl groups excluding tert-OH is 1. The van der Waals surface area contributed by atoms with Gasteiger partial charge in [0.25, 0.3) is 0 Å². The second kappa shape index (κ2) is 24.7. The zero-order valence-electron chi connectivity index (χ0n) is 20.6. The fourth-order valence-electron chi connectivity index (χ4n) is 3.77. The van der Waals surface area contributed by atoms with Gasteiger partial charge in [0.1, 0.15) is 6.79 Å². The zero-order valence-corrected chi connectivity index (χ0v) is 20.6. The largest absolute Gasteiger partial charge is 0.389 e. The third kappa shape index (κ3) is 20.7. The van der Waals surface area contributed by atoms with Crippen LogP contribution in [0, 0.1) is 11.8 Å². The summed E-state index contributed by atoms with van der Waals surface area (Å²) in [6.45, 7) is 4.74. The van der Waals surface area contributed by atoms with E-state index in [9.17, 15) is 5.11 Å². The Balaban J connectivity index is 3.79. The maximum Gasteiger partial charge on any atom is 0.146 e. The molecule has 0 heterocycles. The second-order valence-electron chi connectivity index (χ2n) is 8.73. The van der Waals surface area contributed by atoms with Crippen molar-refractivity contribution in [2.45, 2.75) is 148 Å². The lowest BCUT2D eigenvalue weighted by atomic mass is 10.0. The van der Waals surface area contributed by atoms with E-state index in [0.717, 1.165) is 19.3 Å². The summed E-state index contributed by atoms with van der Waals surface area (Å²) in [4.78, 5) is 0. The summed E-state index contributed by atoms with van der Waals surface area (Å²) in [5.41, 5.74) is 0. The number of methoxy groups -OCH3 is 1. The molecule has 3 heteroatoms. The molecule has 0 aromatic carbocycles. The first-order valence-electron chi connectivity index (χ1n) is 13.0. The normalized spacial score (nSPS) is 13.1. The van der Waals surface area contributed by atoms with Crippen molar-refractivity contribution in [3.05, 3.63) is 0 Å². The first-order valence-corrected chi connectivity index (χ1v) is 13.0. The van der Waals surface area contributed by atoms with E-state index in [2.05, 4.69) is 25.7 Å². The molecule has 0 aliphatic rings. The number of hydrogen-bond donors (Lipinski definition) is 1. The van der Waals surface area contributed by atoms with Gasteiger partial charge in [-0.3, -0.25) is 0 Å². The van der Waals surface area contributed by atoms with Crippen molar-refractivity contribution in [1.82, 2.24) is 0 Å². The minimum absolute atomic E-state index is 0.164. The minimum Gasteiger partial charge on any atom is -0.389 e. The second-order valence-corrected chi connectivity index (χ2v) is 8.73. The summed E-state index contributed by atoms with van der Waals surface area (Å²) >= 11 is 0. The van der Waals surface area contributed by atoms with Crippen LogP contribution in [0.3, 0.4) is 0 Å². The third-order valence-electron chi connectivity index (χ3n) is 5.76. The average Bonchev–Trinajstić information content (AvgIpc) is 2.75. The lowest BCUT2D eigenvalue weighted by Gasteiger charge is -2.21. The number of aliphatic hydroxyl groups is 1. The van der Waals surface area contributed by atoms with Crippen LogP contribution in [0.15, 0.2) is 0 Å². The molecule has 2 atom stereocenters. The number of ether oxygens (including phenoxy) is 2. The maximum atomic E-state index is 10.5. The van der Waals surface area contributed by atoms with E-state index in [-0.39, 0.29) is 12.9 Å². The van der Waals surface area contributed by atoms with E-state index in [4.69, 9.17) is 9.47 Å². The van der Waals surface area contributed by atoms with Crippen LogP contribution in [0.25, 0.3) is 0 Å². The highest BCUT2D eigenvalue weighted by molar-refractivity contribution is 5.01. The first kappa shape index (κ1) is 29.4. The Morgan fingerprint density at radius 1 is 0.667 bits per heavy atom. The molecule has 0 spiro atoms. The Labute approximate surface area is 188 Å². The van der Waals surface area contributed by atoms with Gasteiger partial charge >= 0.3 is 0 Å². The van der Waals surface area contributed by atoms with Crippen LogP contribution in [0.5, 0.6) is 0 Å². The van der Waals surface area contributed by atoms with E-state index in [1.807, 2.05) is 0 Å². The molecule has 0 radical (unpaired) electrons. The van der Waals surface area contributed by atoms with Crippen LogP contribution >= 0.6 is 0 Å². The SMILES string of the molecule is CCCCCCC#CC[C@@H](O)[C@@H](CCCCCCCCCCCCCC)OCOC. The lowest BCUT2D eigenvalue weighted by Crippen LogP contribution is -2.29. The number of unbranched alkanes of at least 4 members (excludes halogenated alkanes) is 15. The highest BCUT2D eigenvalue weighted by atomic mass is 16.7. The van der Waals surface area contributed by atoms with Crippen molar-refractivity contribution in [3.8, 4) is 11.8 Å². The predicted octanol–water partition coefficient (Wildman–Crippen LogP) is 7.79. The van der Waals surface area contributed by atoms with Gasteiger partial charge in [-0.1, -0.05) is 110 Å². The zero-order chi connectivity index (χ0) is 22.1. The van der Waals surface area contributed by atoms with Gasteiger partial charge < -0.3 is 14.6 Å². The number of rotatable bonds is 22.